The molecule has 6 heteroatoms. The zero-order valence-corrected chi connectivity index (χ0v) is 7.26. The van der Waals surface area contributed by atoms with Crippen molar-refractivity contribution in [2.45, 2.75) is 4.90 Å². The molecule has 1 aromatic carbocycles. The van der Waals surface area contributed by atoms with Crippen LogP contribution in [0.4, 0.5) is 0 Å². The van der Waals surface area contributed by atoms with Crippen molar-refractivity contribution in [3.05, 3.63) is 23.2 Å². The number of hydrogen-bond acceptors (Lipinski definition) is 4. The van der Waals surface area contributed by atoms with Crippen molar-refractivity contribution in [2.75, 3.05) is 0 Å². The fourth-order valence-corrected chi connectivity index (χ4v) is 1.83. The molecule has 0 aliphatic heterocycles. The van der Waals surface area contributed by atoms with Gasteiger partial charge in [0, 0.05) is 0 Å². The fraction of sp³-hybridized carbons (Fsp3) is 0. The number of aromatic hydroxyl groups is 1. The van der Waals surface area contributed by atoms with E-state index in [1.807, 2.05) is 0 Å². The van der Waals surface area contributed by atoms with Gasteiger partial charge < -0.3 is 9.66 Å². The van der Waals surface area contributed by atoms with Gasteiger partial charge in [0.05, 0.1) is 5.02 Å². The summed E-state index contributed by atoms with van der Waals surface area (Å²) in [5.74, 6) is -0.627. The lowest BCUT2D eigenvalue weighted by atomic mass is 10.3. The third kappa shape index (κ3) is 1.69. The molecule has 0 amide bonds. The molecule has 0 aromatic heterocycles. The Hall–Kier alpha value is -0.780. The summed E-state index contributed by atoms with van der Waals surface area (Å²) in [5.41, 5.74) is 0. The molecule has 4 nitrogen and oxygen atoms in total. The van der Waals surface area contributed by atoms with Gasteiger partial charge in [-0.1, -0.05) is 17.7 Å². The summed E-state index contributed by atoms with van der Waals surface area (Å²) in [6.45, 7) is 0. The molecule has 0 spiro atoms. The third-order valence-corrected chi connectivity index (χ3v) is 2.55. The molecule has 0 saturated heterocycles. The molecule has 0 atom stereocenters. The summed E-state index contributed by atoms with van der Waals surface area (Å²) < 4.78 is 31.4. The predicted octanol–water partition coefficient (Wildman–Crippen LogP) is 0.950. The van der Waals surface area contributed by atoms with Crippen molar-refractivity contribution in [3.8, 4) is 5.75 Å². The van der Waals surface area contributed by atoms with Crippen LogP contribution in [0.3, 0.4) is 0 Å². The molecule has 0 aliphatic carbocycles. The lowest BCUT2D eigenvalue weighted by molar-refractivity contribution is 0.435. The van der Waals surface area contributed by atoms with E-state index in [1.54, 1.807) is 0 Å². The first-order chi connectivity index (χ1) is 5.43. The number of rotatable bonds is 1. The molecule has 0 saturated carbocycles. The zero-order chi connectivity index (χ0) is 9.35. The van der Waals surface area contributed by atoms with E-state index in [-0.39, 0.29) is 5.02 Å². The standard InChI is InChI=1S/C6H5ClO4S/c7-4-2-1-3-5(8)6(4)12(9,10)11/h1-3,8H,(H,9,10,11)/p-1. The van der Waals surface area contributed by atoms with E-state index >= 15 is 0 Å². The van der Waals surface area contributed by atoms with E-state index in [0.29, 0.717) is 0 Å². The molecule has 0 aliphatic rings. The van der Waals surface area contributed by atoms with E-state index in [9.17, 15) is 13.0 Å². The summed E-state index contributed by atoms with van der Waals surface area (Å²) in [7, 11) is -4.70. The number of phenolic OH excluding ortho intramolecular Hbond substituents is 1. The van der Waals surface area contributed by atoms with Crippen LogP contribution in [0.2, 0.25) is 5.02 Å². The van der Waals surface area contributed by atoms with Gasteiger partial charge >= 0.3 is 0 Å². The smallest absolute Gasteiger partial charge is 0.134 e. The Kier molecular flexibility index (Phi) is 2.27. The van der Waals surface area contributed by atoms with Crippen LogP contribution >= 0.6 is 11.6 Å². The highest BCUT2D eigenvalue weighted by Gasteiger charge is 2.11. The van der Waals surface area contributed by atoms with Gasteiger partial charge in [-0.25, -0.2) is 8.42 Å². The van der Waals surface area contributed by atoms with Crippen LogP contribution in [0.5, 0.6) is 5.75 Å². The average molecular weight is 208 g/mol. The van der Waals surface area contributed by atoms with Gasteiger partial charge in [0.2, 0.25) is 0 Å². The van der Waals surface area contributed by atoms with Crippen molar-refractivity contribution < 1.29 is 18.1 Å². The van der Waals surface area contributed by atoms with Crippen LogP contribution in [-0.2, 0) is 10.1 Å². The minimum Gasteiger partial charge on any atom is -0.744 e. The van der Waals surface area contributed by atoms with Crippen molar-refractivity contribution >= 4 is 21.7 Å². The minimum absolute atomic E-state index is 0.273. The Morgan fingerprint density at radius 1 is 1.42 bits per heavy atom. The van der Waals surface area contributed by atoms with Gasteiger partial charge in [-0.05, 0) is 12.1 Å². The van der Waals surface area contributed by atoms with Crippen LogP contribution in [-0.4, -0.2) is 18.1 Å². The summed E-state index contributed by atoms with van der Waals surface area (Å²) in [6, 6.07) is 3.63. The molecule has 0 radical (unpaired) electrons. The monoisotopic (exact) mass is 207 g/mol. The second-order valence-electron chi connectivity index (χ2n) is 2.04. The van der Waals surface area contributed by atoms with Crippen molar-refractivity contribution in [1.82, 2.24) is 0 Å². The van der Waals surface area contributed by atoms with Gasteiger partial charge in [-0.15, -0.1) is 0 Å². The van der Waals surface area contributed by atoms with Gasteiger partial charge in [0.25, 0.3) is 0 Å². The number of hydrogen-bond donors (Lipinski definition) is 1. The maximum Gasteiger partial charge on any atom is 0.134 e. The largest absolute Gasteiger partial charge is 0.744 e. The maximum atomic E-state index is 10.5. The Bertz CT molecular complexity index is 378. The molecule has 1 aromatic rings. The summed E-state index contributed by atoms with van der Waals surface area (Å²) in [6.07, 6.45) is 0. The molecule has 0 heterocycles. The molecule has 0 fully saturated rings. The van der Waals surface area contributed by atoms with E-state index < -0.39 is 20.8 Å². The second-order valence-corrected chi connectivity index (χ2v) is 3.77. The zero-order valence-electron chi connectivity index (χ0n) is 5.69. The first kappa shape index (κ1) is 9.31. The molecule has 12 heavy (non-hydrogen) atoms. The van der Waals surface area contributed by atoms with E-state index in [1.165, 1.54) is 12.1 Å². The number of benzene rings is 1. The SMILES string of the molecule is O=S(=O)([O-])c1c(O)cccc1Cl. The second kappa shape index (κ2) is 2.93. The van der Waals surface area contributed by atoms with E-state index in [0.717, 1.165) is 6.07 Å². The van der Waals surface area contributed by atoms with Crippen molar-refractivity contribution in [1.29, 1.82) is 0 Å². The molecule has 0 unspecified atom stereocenters. The minimum atomic E-state index is -4.70. The molecule has 1 rings (SSSR count). The molecule has 1 N–H and O–H groups in total. The lowest BCUT2D eigenvalue weighted by Gasteiger charge is -2.09. The van der Waals surface area contributed by atoms with Crippen LogP contribution in [0.1, 0.15) is 0 Å². The Morgan fingerprint density at radius 2 is 2.00 bits per heavy atom. The fourth-order valence-electron chi connectivity index (χ4n) is 0.745. The van der Waals surface area contributed by atoms with Gasteiger partial charge in [0.15, 0.2) is 0 Å². The quantitative estimate of drug-likeness (QED) is 0.696. The highest BCUT2D eigenvalue weighted by atomic mass is 35.5. The van der Waals surface area contributed by atoms with Gasteiger partial charge in [0.1, 0.15) is 20.8 Å². The highest BCUT2D eigenvalue weighted by Crippen LogP contribution is 2.29. The first-order valence-corrected chi connectivity index (χ1v) is 4.65. The van der Waals surface area contributed by atoms with Crippen molar-refractivity contribution in [3.63, 3.8) is 0 Å². The van der Waals surface area contributed by atoms with Crippen LogP contribution in [0.25, 0.3) is 0 Å². The van der Waals surface area contributed by atoms with Crippen molar-refractivity contribution in [2.24, 2.45) is 0 Å². The van der Waals surface area contributed by atoms with E-state index in [2.05, 4.69) is 0 Å². The summed E-state index contributed by atoms with van der Waals surface area (Å²) in [5, 5.41) is 8.69. The normalized spacial score (nSPS) is 11.5. The topological polar surface area (TPSA) is 77.4 Å². The van der Waals surface area contributed by atoms with Gasteiger partial charge in [-0.3, -0.25) is 0 Å². The summed E-state index contributed by atoms with van der Waals surface area (Å²) in [4.78, 5) is -0.772. The molecule has 0 bridgehead atoms. The van der Waals surface area contributed by atoms with Crippen LogP contribution in [0.15, 0.2) is 23.1 Å². The highest BCUT2D eigenvalue weighted by molar-refractivity contribution is 7.86. The Balaban J connectivity index is 3.53. The Labute approximate surface area is 74.2 Å². The molecular formula is C6H4ClO4S-. The van der Waals surface area contributed by atoms with Gasteiger partial charge in [-0.2, -0.15) is 0 Å². The molecular weight excluding hydrogens is 204 g/mol. The average Bonchev–Trinajstić information content (AvgIpc) is 1.82. The third-order valence-electron chi connectivity index (χ3n) is 1.20. The summed E-state index contributed by atoms with van der Waals surface area (Å²) >= 11 is 5.37. The van der Waals surface area contributed by atoms with Crippen LogP contribution in [0, 0.1) is 0 Å². The molecule has 66 valence electrons. The first-order valence-electron chi connectivity index (χ1n) is 2.86. The Morgan fingerprint density at radius 3 is 2.33 bits per heavy atom. The van der Waals surface area contributed by atoms with Crippen LogP contribution < -0.4 is 0 Å². The number of phenols is 1. The maximum absolute atomic E-state index is 10.5. The van der Waals surface area contributed by atoms with E-state index in [4.69, 9.17) is 16.7 Å². The number of halogens is 1. The lowest BCUT2D eigenvalue weighted by Crippen LogP contribution is -1.99. The predicted molar refractivity (Wildman–Crippen MR) is 41.1 cm³/mol.